The van der Waals surface area contributed by atoms with E-state index in [-0.39, 0.29) is 6.42 Å². The van der Waals surface area contributed by atoms with E-state index in [9.17, 15) is 31.1 Å². The number of hydrogen-bond donors (Lipinski definition) is 0. The van der Waals surface area contributed by atoms with E-state index in [4.69, 9.17) is 4.74 Å². The monoisotopic (exact) mass is 519 g/mol. The number of nitrogens with zero attached hydrogens (tertiary/aromatic N) is 3. The molecule has 192 valence electrons. The van der Waals surface area contributed by atoms with E-state index in [0.29, 0.717) is 28.2 Å². The van der Waals surface area contributed by atoms with Gasteiger partial charge in [0.15, 0.2) is 5.82 Å². The smallest absolute Gasteiger partial charge is 0.416 e. The number of alkyl halides is 6. The average molecular weight is 519 g/mol. The van der Waals surface area contributed by atoms with Crippen LogP contribution >= 0.6 is 0 Å². The summed E-state index contributed by atoms with van der Waals surface area (Å²) >= 11 is 0. The fourth-order valence-electron chi connectivity index (χ4n) is 3.51. The van der Waals surface area contributed by atoms with Gasteiger partial charge in [-0.2, -0.15) is 26.3 Å². The summed E-state index contributed by atoms with van der Waals surface area (Å²) in [5, 5.41) is 4.29. The maximum atomic E-state index is 12.8. The highest BCUT2D eigenvalue weighted by molar-refractivity contribution is 5.73. The lowest BCUT2D eigenvalue weighted by atomic mass is 10.1. The molecule has 0 N–H and O–H groups in total. The van der Waals surface area contributed by atoms with Gasteiger partial charge in [0.2, 0.25) is 0 Å². The number of halogens is 6. The molecule has 0 aliphatic carbocycles. The van der Waals surface area contributed by atoms with E-state index in [2.05, 4.69) is 10.1 Å². The van der Waals surface area contributed by atoms with E-state index >= 15 is 0 Å². The molecule has 1 heterocycles. The Morgan fingerprint density at radius 1 is 0.838 bits per heavy atom. The highest BCUT2D eigenvalue weighted by atomic mass is 19.4. The van der Waals surface area contributed by atoms with E-state index in [1.54, 1.807) is 31.2 Å². The standard InChI is InChI=1S/C26H19F6N3O2/c1-16(18-6-8-20(9-7-18)25(27,28)29)37-23(36)14-17-2-4-19(5-3-17)24-33-15-35(34-24)22-12-10-21(11-13-22)26(30,31)32/h2-13,15-16H,14H2,1H3. The third kappa shape index (κ3) is 6.35. The van der Waals surface area contributed by atoms with Crippen LogP contribution in [0.4, 0.5) is 26.3 Å². The number of carbonyl (C=O) groups excluding carboxylic acids is 1. The lowest BCUT2D eigenvalue weighted by molar-refractivity contribution is -0.148. The number of hydrogen-bond acceptors (Lipinski definition) is 4. The largest absolute Gasteiger partial charge is 0.458 e. The summed E-state index contributed by atoms with van der Waals surface area (Å²) in [6, 6.07) is 15.7. The van der Waals surface area contributed by atoms with Crippen LogP contribution in [-0.2, 0) is 28.3 Å². The summed E-state index contributed by atoms with van der Waals surface area (Å²) in [5.41, 5.74) is 0.559. The molecule has 4 aromatic rings. The van der Waals surface area contributed by atoms with Crippen LogP contribution < -0.4 is 0 Å². The average Bonchev–Trinajstić information content (AvgIpc) is 3.34. The molecule has 11 heteroatoms. The highest BCUT2D eigenvalue weighted by Gasteiger charge is 2.31. The van der Waals surface area contributed by atoms with Crippen molar-refractivity contribution in [1.82, 2.24) is 14.8 Å². The minimum atomic E-state index is -4.44. The first kappa shape index (κ1) is 25.9. The van der Waals surface area contributed by atoms with Gasteiger partial charge in [-0.3, -0.25) is 4.79 Å². The Kier molecular flexibility index (Phi) is 7.06. The van der Waals surface area contributed by atoms with Gasteiger partial charge in [-0.1, -0.05) is 36.4 Å². The van der Waals surface area contributed by atoms with Crippen LogP contribution in [0.5, 0.6) is 0 Å². The molecule has 37 heavy (non-hydrogen) atoms. The Bertz CT molecular complexity index is 1360. The van der Waals surface area contributed by atoms with Gasteiger partial charge in [0.1, 0.15) is 12.4 Å². The molecule has 0 spiro atoms. The predicted octanol–water partition coefficient (Wildman–Crippen LogP) is 6.82. The van der Waals surface area contributed by atoms with Crippen molar-refractivity contribution in [3.63, 3.8) is 0 Å². The molecule has 0 saturated heterocycles. The lowest BCUT2D eigenvalue weighted by Gasteiger charge is -2.15. The fourth-order valence-corrected chi connectivity index (χ4v) is 3.51. The van der Waals surface area contributed by atoms with Gasteiger partial charge in [-0.05, 0) is 54.4 Å². The van der Waals surface area contributed by atoms with E-state index in [0.717, 1.165) is 24.3 Å². The molecule has 0 fully saturated rings. The van der Waals surface area contributed by atoms with Crippen molar-refractivity contribution in [1.29, 1.82) is 0 Å². The number of rotatable bonds is 6. The highest BCUT2D eigenvalue weighted by Crippen LogP contribution is 2.31. The van der Waals surface area contributed by atoms with Gasteiger partial charge >= 0.3 is 18.3 Å². The Morgan fingerprint density at radius 3 is 1.92 bits per heavy atom. The van der Waals surface area contributed by atoms with Crippen molar-refractivity contribution < 1.29 is 35.9 Å². The Labute approximate surface area is 207 Å². The maximum Gasteiger partial charge on any atom is 0.416 e. The molecule has 3 aromatic carbocycles. The third-order valence-corrected chi connectivity index (χ3v) is 5.53. The molecule has 0 aliphatic rings. The second kappa shape index (κ2) is 10.1. The second-order valence-corrected chi connectivity index (χ2v) is 8.18. The molecular formula is C26H19F6N3O2. The van der Waals surface area contributed by atoms with Gasteiger partial charge in [-0.25, -0.2) is 9.67 Å². The van der Waals surface area contributed by atoms with Gasteiger partial charge in [0.05, 0.1) is 23.2 Å². The van der Waals surface area contributed by atoms with Gasteiger partial charge in [0, 0.05) is 5.56 Å². The number of carbonyl (C=O) groups is 1. The van der Waals surface area contributed by atoms with Crippen molar-refractivity contribution in [2.45, 2.75) is 31.8 Å². The molecule has 0 amide bonds. The molecule has 0 bridgehead atoms. The summed E-state index contributed by atoms with van der Waals surface area (Å²) in [6.07, 6.45) is -8.28. The van der Waals surface area contributed by atoms with Gasteiger partial charge in [0.25, 0.3) is 0 Å². The van der Waals surface area contributed by atoms with E-state index in [1.807, 2.05) is 0 Å². The maximum absolute atomic E-state index is 12.8. The van der Waals surface area contributed by atoms with Gasteiger partial charge in [-0.15, -0.1) is 5.10 Å². The van der Waals surface area contributed by atoms with Crippen LogP contribution in [0.15, 0.2) is 79.1 Å². The van der Waals surface area contributed by atoms with Crippen LogP contribution in [-0.4, -0.2) is 20.7 Å². The van der Waals surface area contributed by atoms with Crippen molar-refractivity contribution in [3.05, 3.63) is 101 Å². The number of ether oxygens (including phenoxy) is 1. The molecule has 0 saturated carbocycles. The normalized spacial score (nSPS) is 12.8. The Balaban J connectivity index is 1.36. The van der Waals surface area contributed by atoms with Crippen molar-refractivity contribution in [2.24, 2.45) is 0 Å². The first-order chi connectivity index (χ1) is 17.4. The quantitative estimate of drug-likeness (QED) is 0.207. The molecule has 4 rings (SSSR count). The lowest BCUT2D eigenvalue weighted by Crippen LogP contribution is -2.12. The van der Waals surface area contributed by atoms with Crippen LogP contribution in [0.1, 0.15) is 35.3 Å². The zero-order valence-electron chi connectivity index (χ0n) is 19.2. The zero-order valence-corrected chi connectivity index (χ0v) is 19.2. The molecule has 5 nitrogen and oxygen atoms in total. The van der Waals surface area contributed by atoms with E-state index in [1.165, 1.54) is 35.3 Å². The number of esters is 1. The summed E-state index contributed by atoms with van der Waals surface area (Å²) in [5.74, 6) is -0.213. The summed E-state index contributed by atoms with van der Waals surface area (Å²) < 4.78 is 83.1. The molecule has 0 aliphatic heterocycles. The SMILES string of the molecule is CC(OC(=O)Cc1ccc(-c2ncn(-c3ccc(C(F)(F)F)cc3)n2)cc1)c1ccc(C(F)(F)F)cc1. The van der Waals surface area contributed by atoms with Crippen LogP contribution in [0.25, 0.3) is 17.1 Å². The topological polar surface area (TPSA) is 57.0 Å². The van der Waals surface area contributed by atoms with Crippen molar-refractivity contribution >= 4 is 5.97 Å². The Morgan fingerprint density at radius 2 is 1.38 bits per heavy atom. The zero-order chi connectivity index (χ0) is 26.8. The van der Waals surface area contributed by atoms with Crippen LogP contribution in [0.2, 0.25) is 0 Å². The van der Waals surface area contributed by atoms with Crippen molar-refractivity contribution in [2.75, 3.05) is 0 Å². The predicted molar refractivity (Wildman–Crippen MR) is 121 cm³/mol. The molecule has 1 unspecified atom stereocenters. The summed E-state index contributed by atoms with van der Waals surface area (Å²) in [7, 11) is 0. The second-order valence-electron chi connectivity index (χ2n) is 8.18. The molecule has 1 atom stereocenters. The minimum Gasteiger partial charge on any atom is -0.458 e. The fraction of sp³-hybridized carbons (Fsp3) is 0.192. The Hall–Kier alpha value is -4.15. The summed E-state index contributed by atoms with van der Waals surface area (Å²) in [6.45, 7) is 1.57. The number of benzene rings is 3. The van der Waals surface area contributed by atoms with Crippen molar-refractivity contribution in [3.8, 4) is 17.1 Å². The molecule has 1 aromatic heterocycles. The number of aromatic nitrogens is 3. The first-order valence-electron chi connectivity index (χ1n) is 11.0. The third-order valence-electron chi connectivity index (χ3n) is 5.53. The van der Waals surface area contributed by atoms with Gasteiger partial charge < -0.3 is 4.74 Å². The minimum absolute atomic E-state index is 0.0569. The molecule has 0 radical (unpaired) electrons. The van der Waals surface area contributed by atoms with E-state index < -0.39 is 35.6 Å². The first-order valence-corrected chi connectivity index (χ1v) is 11.0. The van der Waals surface area contributed by atoms with Crippen LogP contribution in [0, 0.1) is 0 Å². The molecular weight excluding hydrogens is 500 g/mol. The summed E-state index contributed by atoms with van der Waals surface area (Å²) in [4.78, 5) is 16.5. The van der Waals surface area contributed by atoms with Crippen LogP contribution in [0.3, 0.4) is 0 Å².